The molecule has 0 spiro atoms. The van der Waals surface area contributed by atoms with Gasteiger partial charge in [0, 0.05) is 25.6 Å². The largest absolute Gasteiger partial charge is 0.469 e. The Hall–Kier alpha value is -1.39. The van der Waals surface area contributed by atoms with E-state index in [0.29, 0.717) is 6.42 Å². The first kappa shape index (κ1) is 14.0. The SMILES string of the molecule is COC(=O)C[C@@H]1CCN(Cc2ccccc2)C[C@H]1N. The van der Waals surface area contributed by atoms with Crippen molar-refractivity contribution in [3.05, 3.63) is 35.9 Å². The fourth-order valence-electron chi connectivity index (χ4n) is 2.64. The molecule has 2 atom stereocenters. The molecule has 1 aliphatic heterocycles. The van der Waals surface area contributed by atoms with E-state index in [2.05, 4.69) is 29.2 Å². The van der Waals surface area contributed by atoms with Crippen LogP contribution in [0.25, 0.3) is 0 Å². The van der Waals surface area contributed by atoms with E-state index in [1.165, 1.54) is 12.7 Å². The highest BCUT2D eigenvalue weighted by Gasteiger charge is 2.28. The molecule has 2 rings (SSSR count). The number of carbonyl (C=O) groups is 1. The summed E-state index contributed by atoms with van der Waals surface area (Å²) in [4.78, 5) is 13.7. The Bertz CT molecular complexity index is 408. The quantitative estimate of drug-likeness (QED) is 0.833. The van der Waals surface area contributed by atoms with Crippen molar-refractivity contribution in [1.29, 1.82) is 0 Å². The molecule has 0 bridgehead atoms. The van der Waals surface area contributed by atoms with Crippen LogP contribution in [0, 0.1) is 5.92 Å². The topological polar surface area (TPSA) is 55.6 Å². The Kier molecular flexibility index (Phi) is 4.93. The minimum atomic E-state index is -0.156. The number of methoxy groups -OCH3 is 1. The summed E-state index contributed by atoms with van der Waals surface area (Å²) in [5, 5.41) is 0. The van der Waals surface area contributed by atoms with Crippen LogP contribution in [-0.2, 0) is 16.1 Å². The van der Waals surface area contributed by atoms with Gasteiger partial charge in [0.1, 0.15) is 0 Å². The number of carbonyl (C=O) groups excluding carboxylic acids is 1. The van der Waals surface area contributed by atoms with Gasteiger partial charge in [0.15, 0.2) is 0 Å². The average Bonchev–Trinajstić information content (AvgIpc) is 2.43. The molecule has 1 heterocycles. The maximum atomic E-state index is 11.3. The second-order valence-corrected chi connectivity index (χ2v) is 5.21. The molecule has 0 amide bonds. The van der Waals surface area contributed by atoms with Crippen molar-refractivity contribution in [2.45, 2.75) is 25.4 Å². The zero-order valence-corrected chi connectivity index (χ0v) is 11.4. The summed E-state index contributed by atoms with van der Waals surface area (Å²) in [5.41, 5.74) is 7.48. The van der Waals surface area contributed by atoms with Crippen molar-refractivity contribution in [2.75, 3.05) is 20.2 Å². The second kappa shape index (κ2) is 6.68. The first-order valence-electron chi connectivity index (χ1n) is 6.77. The van der Waals surface area contributed by atoms with Crippen LogP contribution in [0.15, 0.2) is 30.3 Å². The molecule has 4 nitrogen and oxygen atoms in total. The number of likely N-dealkylation sites (tertiary alicyclic amines) is 1. The summed E-state index contributed by atoms with van der Waals surface area (Å²) in [7, 11) is 1.43. The van der Waals surface area contributed by atoms with Gasteiger partial charge in [-0.1, -0.05) is 30.3 Å². The zero-order valence-electron chi connectivity index (χ0n) is 11.4. The molecule has 0 aliphatic carbocycles. The van der Waals surface area contributed by atoms with E-state index in [-0.39, 0.29) is 17.9 Å². The molecule has 19 heavy (non-hydrogen) atoms. The van der Waals surface area contributed by atoms with Crippen LogP contribution in [0.4, 0.5) is 0 Å². The number of hydrogen-bond acceptors (Lipinski definition) is 4. The van der Waals surface area contributed by atoms with Gasteiger partial charge in [0.25, 0.3) is 0 Å². The van der Waals surface area contributed by atoms with Crippen LogP contribution in [0.5, 0.6) is 0 Å². The van der Waals surface area contributed by atoms with Gasteiger partial charge < -0.3 is 10.5 Å². The summed E-state index contributed by atoms with van der Waals surface area (Å²) in [5.74, 6) is 0.0939. The molecule has 104 valence electrons. The van der Waals surface area contributed by atoms with Crippen LogP contribution in [0.1, 0.15) is 18.4 Å². The monoisotopic (exact) mass is 262 g/mol. The standard InChI is InChI=1S/C15H22N2O2/c1-19-15(18)9-13-7-8-17(11-14(13)16)10-12-5-3-2-4-6-12/h2-6,13-14H,7-11,16H2,1H3/t13-,14+/m0/s1. The Morgan fingerprint density at radius 2 is 2.16 bits per heavy atom. The minimum absolute atomic E-state index is 0.0524. The maximum Gasteiger partial charge on any atom is 0.305 e. The lowest BCUT2D eigenvalue weighted by Crippen LogP contribution is -2.48. The summed E-state index contributed by atoms with van der Waals surface area (Å²) >= 11 is 0. The molecule has 0 saturated carbocycles. The Morgan fingerprint density at radius 3 is 2.79 bits per heavy atom. The van der Waals surface area contributed by atoms with Gasteiger partial charge in [-0.3, -0.25) is 9.69 Å². The number of rotatable bonds is 4. The van der Waals surface area contributed by atoms with E-state index in [0.717, 1.165) is 26.1 Å². The van der Waals surface area contributed by atoms with Crippen molar-refractivity contribution in [3.8, 4) is 0 Å². The summed E-state index contributed by atoms with van der Waals surface area (Å²) in [6.07, 6.45) is 1.40. The fraction of sp³-hybridized carbons (Fsp3) is 0.533. The lowest BCUT2D eigenvalue weighted by molar-refractivity contribution is -0.142. The molecule has 1 aliphatic rings. The van der Waals surface area contributed by atoms with Crippen LogP contribution in [0.2, 0.25) is 0 Å². The van der Waals surface area contributed by atoms with E-state index in [1.807, 2.05) is 6.07 Å². The first-order chi connectivity index (χ1) is 9.19. The van der Waals surface area contributed by atoms with Crippen molar-refractivity contribution >= 4 is 5.97 Å². The van der Waals surface area contributed by atoms with Crippen molar-refractivity contribution in [3.63, 3.8) is 0 Å². The summed E-state index contributed by atoms with van der Waals surface area (Å²) in [6, 6.07) is 10.4. The van der Waals surface area contributed by atoms with Crippen molar-refractivity contribution in [2.24, 2.45) is 11.7 Å². The lowest BCUT2D eigenvalue weighted by atomic mass is 9.89. The molecule has 4 heteroatoms. The molecule has 1 fully saturated rings. The number of ether oxygens (including phenoxy) is 1. The van der Waals surface area contributed by atoms with E-state index in [9.17, 15) is 4.79 Å². The highest BCUT2D eigenvalue weighted by molar-refractivity contribution is 5.69. The molecule has 0 radical (unpaired) electrons. The van der Waals surface area contributed by atoms with E-state index >= 15 is 0 Å². The normalized spacial score (nSPS) is 24.1. The van der Waals surface area contributed by atoms with Crippen LogP contribution < -0.4 is 5.73 Å². The lowest BCUT2D eigenvalue weighted by Gasteiger charge is -2.36. The van der Waals surface area contributed by atoms with Crippen molar-refractivity contribution < 1.29 is 9.53 Å². The first-order valence-corrected chi connectivity index (χ1v) is 6.77. The average molecular weight is 262 g/mol. The maximum absolute atomic E-state index is 11.3. The smallest absolute Gasteiger partial charge is 0.305 e. The molecule has 1 aromatic carbocycles. The van der Waals surface area contributed by atoms with Gasteiger partial charge in [-0.25, -0.2) is 0 Å². The van der Waals surface area contributed by atoms with Gasteiger partial charge in [0.05, 0.1) is 7.11 Å². The zero-order chi connectivity index (χ0) is 13.7. The third kappa shape index (κ3) is 4.04. The van der Waals surface area contributed by atoms with Crippen molar-refractivity contribution in [1.82, 2.24) is 4.90 Å². The molecule has 0 unspecified atom stereocenters. The molecular formula is C15H22N2O2. The number of nitrogens with two attached hydrogens (primary N) is 1. The van der Waals surface area contributed by atoms with Crippen LogP contribution in [0.3, 0.4) is 0 Å². The number of hydrogen-bond donors (Lipinski definition) is 1. The fourth-order valence-corrected chi connectivity index (χ4v) is 2.64. The number of piperidine rings is 1. The molecule has 1 saturated heterocycles. The summed E-state index contributed by atoms with van der Waals surface area (Å²) < 4.78 is 4.72. The second-order valence-electron chi connectivity index (χ2n) is 5.21. The van der Waals surface area contributed by atoms with E-state index in [1.54, 1.807) is 0 Å². The van der Waals surface area contributed by atoms with Gasteiger partial charge in [0.2, 0.25) is 0 Å². The number of nitrogens with zero attached hydrogens (tertiary/aromatic N) is 1. The third-order valence-electron chi connectivity index (χ3n) is 3.80. The van der Waals surface area contributed by atoms with Crippen LogP contribution >= 0.6 is 0 Å². The number of benzene rings is 1. The molecular weight excluding hydrogens is 240 g/mol. The summed E-state index contributed by atoms with van der Waals surface area (Å²) in [6.45, 7) is 2.76. The predicted octanol–water partition coefficient (Wildman–Crippen LogP) is 1.40. The van der Waals surface area contributed by atoms with E-state index < -0.39 is 0 Å². The Balaban J connectivity index is 1.84. The number of esters is 1. The third-order valence-corrected chi connectivity index (χ3v) is 3.80. The van der Waals surface area contributed by atoms with Gasteiger partial charge in [-0.05, 0) is 24.4 Å². The van der Waals surface area contributed by atoms with Gasteiger partial charge in [-0.2, -0.15) is 0 Å². The minimum Gasteiger partial charge on any atom is -0.469 e. The molecule has 0 aromatic heterocycles. The Labute approximate surface area is 114 Å². The van der Waals surface area contributed by atoms with E-state index in [4.69, 9.17) is 10.5 Å². The van der Waals surface area contributed by atoms with Crippen LogP contribution in [-0.4, -0.2) is 37.1 Å². The highest BCUT2D eigenvalue weighted by Crippen LogP contribution is 2.21. The Morgan fingerprint density at radius 1 is 1.42 bits per heavy atom. The van der Waals surface area contributed by atoms with Gasteiger partial charge >= 0.3 is 5.97 Å². The highest BCUT2D eigenvalue weighted by atomic mass is 16.5. The van der Waals surface area contributed by atoms with Gasteiger partial charge in [-0.15, -0.1) is 0 Å². The molecule has 1 aromatic rings. The predicted molar refractivity (Wildman–Crippen MR) is 74.4 cm³/mol. The molecule has 2 N–H and O–H groups in total.